The van der Waals surface area contributed by atoms with Gasteiger partial charge in [0.1, 0.15) is 0 Å². The van der Waals surface area contributed by atoms with Crippen molar-refractivity contribution in [3.63, 3.8) is 0 Å². The van der Waals surface area contributed by atoms with Crippen LogP contribution in [0, 0.1) is 23.7 Å². The maximum Gasteiger partial charge on any atom is 0.0658 e. The Morgan fingerprint density at radius 1 is 1.12 bits per heavy atom. The Kier molecular flexibility index (Phi) is 6.20. The summed E-state index contributed by atoms with van der Waals surface area (Å²) in [6, 6.07) is 0. The average Bonchev–Trinajstić information content (AvgIpc) is 2.21. The second-order valence-electron chi connectivity index (χ2n) is 6.03. The molecule has 4 unspecified atom stereocenters. The van der Waals surface area contributed by atoms with E-state index in [9.17, 15) is 5.11 Å². The molecule has 0 radical (unpaired) electrons. The van der Waals surface area contributed by atoms with Gasteiger partial charge in [0.2, 0.25) is 0 Å². The van der Waals surface area contributed by atoms with Crippen molar-refractivity contribution in [2.24, 2.45) is 23.7 Å². The summed E-state index contributed by atoms with van der Waals surface area (Å²) in [5, 5.41) is 10.2. The predicted molar refractivity (Wildman–Crippen MR) is 73.8 cm³/mol. The highest BCUT2D eigenvalue weighted by molar-refractivity contribution is 7.99. The molecule has 1 rings (SSSR count). The highest BCUT2D eigenvalue weighted by Gasteiger charge is 2.28. The van der Waals surface area contributed by atoms with E-state index in [1.807, 2.05) is 11.8 Å². The fraction of sp³-hybridized carbons (Fsp3) is 1.00. The molecule has 4 atom stereocenters. The lowest BCUT2D eigenvalue weighted by Crippen LogP contribution is -2.31. The van der Waals surface area contributed by atoms with Crippen molar-refractivity contribution >= 4 is 11.8 Å². The molecule has 1 nitrogen and oxygen atoms in total. The monoisotopic (exact) mass is 244 g/mol. The van der Waals surface area contributed by atoms with E-state index in [1.165, 1.54) is 25.0 Å². The Balaban J connectivity index is 2.23. The van der Waals surface area contributed by atoms with E-state index >= 15 is 0 Å². The molecule has 0 heterocycles. The average molecular weight is 244 g/mol. The van der Waals surface area contributed by atoms with Crippen LogP contribution in [0.2, 0.25) is 0 Å². The molecule has 0 amide bonds. The molecule has 16 heavy (non-hydrogen) atoms. The molecule has 1 aliphatic carbocycles. The molecule has 0 aliphatic heterocycles. The summed E-state index contributed by atoms with van der Waals surface area (Å²) in [6.07, 6.45) is 3.69. The van der Waals surface area contributed by atoms with Gasteiger partial charge in [0.05, 0.1) is 6.10 Å². The Morgan fingerprint density at radius 2 is 1.81 bits per heavy atom. The third kappa shape index (κ3) is 4.67. The van der Waals surface area contributed by atoms with Gasteiger partial charge in [0, 0.05) is 5.75 Å². The normalized spacial score (nSPS) is 33.0. The summed E-state index contributed by atoms with van der Waals surface area (Å²) in [7, 11) is 0. The molecule has 1 aliphatic rings. The first-order valence-electron chi connectivity index (χ1n) is 6.76. The van der Waals surface area contributed by atoms with E-state index in [0.29, 0.717) is 5.92 Å². The number of aliphatic hydroxyl groups excluding tert-OH is 1. The first-order valence-corrected chi connectivity index (χ1v) is 7.92. The number of hydrogen-bond acceptors (Lipinski definition) is 2. The van der Waals surface area contributed by atoms with Crippen LogP contribution in [0.1, 0.15) is 47.0 Å². The smallest absolute Gasteiger partial charge is 0.0658 e. The largest absolute Gasteiger partial charge is 0.392 e. The quantitative estimate of drug-likeness (QED) is 0.793. The van der Waals surface area contributed by atoms with E-state index in [2.05, 4.69) is 27.7 Å². The van der Waals surface area contributed by atoms with Crippen molar-refractivity contribution in [2.75, 3.05) is 11.5 Å². The minimum atomic E-state index is -0.0706. The molecule has 0 saturated heterocycles. The first kappa shape index (κ1) is 14.4. The van der Waals surface area contributed by atoms with Crippen LogP contribution >= 0.6 is 11.8 Å². The van der Waals surface area contributed by atoms with Gasteiger partial charge in [-0.1, -0.05) is 34.1 Å². The zero-order valence-corrected chi connectivity index (χ0v) is 12.1. The summed E-state index contributed by atoms with van der Waals surface area (Å²) < 4.78 is 0. The minimum Gasteiger partial charge on any atom is -0.392 e. The van der Waals surface area contributed by atoms with Crippen LogP contribution in [0.4, 0.5) is 0 Å². The molecule has 0 spiro atoms. The lowest BCUT2D eigenvalue weighted by Gasteiger charge is -2.34. The van der Waals surface area contributed by atoms with Gasteiger partial charge in [-0.3, -0.25) is 0 Å². The van der Waals surface area contributed by atoms with Crippen molar-refractivity contribution in [1.29, 1.82) is 0 Å². The van der Waals surface area contributed by atoms with Crippen LogP contribution in [0.15, 0.2) is 0 Å². The van der Waals surface area contributed by atoms with Gasteiger partial charge in [0.25, 0.3) is 0 Å². The molecule has 2 heteroatoms. The molecule has 0 aromatic heterocycles. The fourth-order valence-corrected chi connectivity index (χ4v) is 3.62. The molecule has 0 aromatic rings. The van der Waals surface area contributed by atoms with E-state index in [-0.39, 0.29) is 6.10 Å². The predicted octanol–water partition coefficient (Wildman–Crippen LogP) is 3.81. The van der Waals surface area contributed by atoms with E-state index < -0.39 is 0 Å². The summed E-state index contributed by atoms with van der Waals surface area (Å²) in [6.45, 7) is 9.17. The first-order chi connectivity index (χ1) is 7.50. The third-order valence-electron chi connectivity index (χ3n) is 3.92. The molecule has 0 bridgehead atoms. The van der Waals surface area contributed by atoms with Gasteiger partial charge in [-0.15, -0.1) is 0 Å². The van der Waals surface area contributed by atoms with Gasteiger partial charge in [-0.05, 0) is 42.3 Å². The molecule has 1 saturated carbocycles. The fourth-order valence-electron chi connectivity index (χ4n) is 2.50. The van der Waals surface area contributed by atoms with Gasteiger partial charge in [-0.25, -0.2) is 0 Å². The molecule has 96 valence electrons. The minimum absolute atomic E-state index is 0.0706. The molecule has 1 N–H and O–H groups in total. The van der Waals surface area contributed by atoms with E-state index in [1.54, 1.807) is 0 Å². The topological polar surface area (TPSA) is 20.2 Å². The van der Waals surface area contributed by atoms with Crippen LogP contribution in [0.3, 0.4) is 0 Å². The second kappa shape index (κ2) is 6.90. The van der Waals surface area contributed by atoms with E-state index in [0.717, 1.165) is 23.5 Å². The molecule has 0 aromatic carbocycles. The van der Waals surface area contributed by atoms with Crippen molar-refractivity contribution in [1.82, 2.24) is 0 Å². The van der Waals surface area contributed by atoms with Crippen LogP contribution in [0.5, 0.6) is 0 Å². The highest BCUT2D eigenvalue weighted by Crippen LogP contribution is 2.35. The molecular weight excluding hydrogens is 216 g/mol. The van der Waals surface area contributed by atoms with Crippen molar-refractivity contribution < 1.29 is 5.11 Å². The lowest BCUT2D eigenvalue weighted by molar-refractivity contribution is 0.0729. The summed E-state index contributed by atoms with van der Waals surface area (Å²) in [5.41, 5.74) is 0. The van der Waals surface area contributed by atoms with Crippen molar-refractivity contribution in [2.45, 2.75) is 53.1 Å². The van der Waals surface area contributed by atoms with Crippen molar-refractivity contribution in [3.05, 3.63) is 0 Å². The van der Waals surface area contributed by atoms with Gasteiger partial charge in [0.15, 0.2) is 0 Å². The maximum absolute atomic E-state index is 10.2. The Bertz CT molecular complexity index is 193. The Hall–Kier alpha value is 0.310. The second-order valence-corrected chi connectivity index (χ2v) is 7.10. The molecule has 1 fully saturated rings. The van der Waals surface area contributed by atoms with Gasteiger partial charge < -0.3 is 5.11 Å². The summed E-state index contributed by atoms with van der Waals surface area (Å²) in [5.74, 6) is 5.06. The highest BCUT2D eigenvalue weighted by atomic mass is 32.2. The number of aliphatic hydroxyl groups is 1. The third-order valence-corrected chi connectivity index (χ3v) is 5.40. The zero-order valence-electron chi connectivity index (χ0n) is 11.3. The van der Waals surface area contributed by atoms with Crippen molar-refractivity contribution in [3.8, 4) is 0 Å². The zero-order chi connectivity index (χ0) is 12.1. The van der Waals surface area contributed by atoms with Gasteiger partial charge in [-0.2, -0.15) is 11.8 Å². The van der Waals surface area contributed by atoms with Crippen LogP contribution in [0.25, 0.3) is 0 Å². The summed E-state index contributed by atoms with van der Waals surface area (Å²) >= 11 is 1.92. The maximum atomic E-state index is 10.2. The lowest BCUT2D eigenvalue weighted by atomic mass is 9.74. The Morgan fingerprint density at radius 3 is 2.38 bits per heavy atom. The SMILES string of the molecule is CC(C)CSCC(O)C1CCC(C)C(C)C1. The number of hydrogen-bond donors (Lipinski definition) is 1. The standard InChI is InChI=1S/C14H28OS/c1-10(2)8-16-9-14(15)13-6-5-11(3)12(4)7-13/h10-15H,5-9H2,1-4H3. The van der Waals surface area contributed by atoms with E-state index in [4.69, 9.17) is 0 Å². The number of rotatable bonds is 5. The Labute approximate surface area is 105 Å². The van der Waals surface area contributed by atoms with Crippen LogP contribution in [-0.4, -0.2) is 22.7 Å². The van der Waals surface area contributed by atoms with Crippen LogP contribution < -0.4 is 0 Å². The summed E-state index contributed by atoms with van der Waals surface area (Å²) in [4.78, 5) is 0. The van der Waals surface area contributed by atoms with Gasteiger partial charge >= 0.3 is 0 Å². The molecular formula is C14H28OS. The van der Waals surface area contributed by atoms with Crippen LogP contribution in [-0.2, 0) is 0 Å². The number of thioether (sulfide) groups is 1.